The molecule has 1 fully saturated rings. The van der Waals surface area contributed by atoms with Gasteiger partial charge in [-0.3, -0.25) is 4.79 Å². The average molecular weight is 378 g/mol. The van der Waals surface area contributed by atoms with Crippen LogP contribution in [-0.4, -0.2) is 36.8 Å². The van der Waals surface area contributed by atoms with E-state index in [9.17, 15) is 14.3 Å². The molecule has 1 aliphatic heterocycles. The molecule has 1 aliphatic rings. The number of nitrogens with one attached hydrogen (secondary N) is 2. The summed E-state index contributed by atoms with van der Waals surface area (Å²) in [6.45, 7) is 1.53. The van der Waals surface area contributed by atoms with Gasteiger partial charge < -0.3 is 20.6 Å². The van der Waals surface area contributed by atoms with Crippen molar-refractivity contribution in [3.05, 3.63) is 53.3 Å². The average Bonchev–Trinajstić information content (AvgIpc) is 2.64. The lowest BCUT2D eigenvalue weighted by Crippen LogP contribution is -2.36. The third-order valence-electron chi connectivity index (χ3n) is 4.35. The van der Waals surface area contributed by atoms with Crippen molar-refractivity contribution >= 4 is 34.6 Å². The Morgan fingerprint density at radius 3 is 2.69 bits per heavy atom. The standard InChI is InChI=1S/C19H21ClFN3O2/c20-13-5-6-15(21)17(11-13)23-19(26)12-22-16-3-1-2-4-18(16)24-9-7-14(25)8-10-24/h1-6,11,14,22,25H,7-10,12H2,(H,23,26). The van der Waals surface area contributed by atoms with E-state index in [4.69, 9.17) is 11.6 Å². The molecule has 0 aliphatic carbocycles. The van der Waals surface area contributed by atoms with E-state index in [2.05, 4.69) is 15.5 Å². The first-order valence-electron chi connectivity index (χ1n) is 8.54. The molecule has 7 heteroatoms. The molecule has 5 nitrogen and oxygen atoms in total. The van der Waals surface area contributed by atoms with E-state index in [-0.39, 0.29) is 24.2 Å². The molecule has 1 saturated heterocycles. The Bertz CT molecular complexity index is 779. The molecular weight excluding hydrogens is 357 g/mol. The summed E-state index contributed by atoms with van der Waals surface area (Å²) >= 11 is 5.83. The van der Waals surface area contributed by atoms with Gasteiger partial charge in [-0.25, -0.2) is 4.39 Å². The van der Waals surface area contributed by atoms with Crippen molar-refractivity contribution in [1.82, 2.24) is 0 Å². The van der Waals surface area contributed by atoms with Crippen LogP contribution in [0.4, 0.5) is 21.5 Å². The van der Waals surface area contributed by atoms with Crippen LogP contribution in [-0.2, 0) is 4.79 Å². The summed E-state index contributed by atoms with van der Waals surface area (Å²) in [4.78, 5) is 14.3. The van der Waals surface area contributed by atoms with Gasteiger partial charge in [-0.15, -0.1) is 0 Å². The van der Waals surface area contributed by atoms with E-state index in [1.165, 1.54) is 18.2 Å². The van der Waals surface area contributed by atoms with Gasteiger partial charge in [0.1, 0.15) is 5.82 Å². The summed E-state index contributed by atoms with van der Waals surface area (Å²) < 4.78 is 13.7. The Morgan fingerprint density at radius 2 is 1.92 bits per heavy atom. The van der Waals surface area contributed by atoms with E-state index >= 15 is 0 Å². The van der Waals surface area contributed by atoms with Crippen LogP contribution in [0.25, 0.3) is 0 Å². The molecule has 0 atom stereocenters. The minimum Gasteiger partial charge on any atom is -0.393 e. The van der Waals surface area contributed by atoms with Crippen LogP contribution in [0, 0.1) is 5.82 Å². The van der Waals surface area contributed by atoms with Gasteiger partial charge in [-0.05, 0) is 43.2 Å². The molecule has 0 bridgehead atoms. The van der Waals surface area contributed by atoms with Crippen LogP contribution in [0.2, 0.25) is 5.02 Å². The molecule has 0 unspecified atom stereocenters. The molecular formula is C19H21ClFN3O2. The van der Waals surface area contributed by atoms with E-state index in [1.807, 2.05) is 24.3 Å². The highest BCUT2D eigenvalue weighted by Crippen LogP contribution is 2.28. The highest BCUT2D eigenvalue weighted by Gasteiger charge is 2.19. The molecule has 0 aromatic heterocycles. The lowest BCUT2D eigenvalue weighted by molar-refractivity contribution is -0.114. The second-order valence-electron chi connectivity index (χ2n) is 6.26. The molecule has 3 rings (SSSR count). The summed E-state index contributed by atoms with van der Waals surface area (Å²) in [6.07, 6.45) is 1.20. The number of carbonyl (C=O) groups excluding carboxylic acids is 1. The number of amides is 1. The largest absolute Gasteiger partial charge is 0.393 e. The smallest absolute Gasteiger partial charge is 0.243 e. The molecule has 0 saturated carbocycles. The van der Waals surface area contributed by atoms with Gasteiger partial charge in [0.15, 0.2) is 0 Å². The van der Waals surface area contributed by atoms with Crippen LogP contribution in [0.15, 0.2) is 42.5 Å². The molecule has 26 heavy (non-hydrogen) atoms. The van der Waals surface area contributed by atoms with E-state index in [0.717, 1.165) is 37.3 Å². The van der Waals surface area contributed by atoms with Crippen molar-refractivity contribution < 1.29 is 14.3 Å². The van der Waals surface area contributed by atoms with Crippen molar-refractivity contribution in [1.29, 1.82) is 0 Å². The Balaban J connectivity index is 1.62. The second-order valence-corrected chi connectivity index (χ2v) is 6.70. The van der Waals surface area contributed by atoms with Gasteiger partial charge in [0, 0.05) is 18.1 Å². The number of benzene rings is 2. The number of hydrogen-bond donors (Lipinski definition) is 3. The predicted molar refractivity (Wildman–Crippen MR) is 102 cm³/mol. The highest BCUT2D eigenvalue weighted by molar-refractivity contribution is 6.30. The molecule has 0 radical (unpaired) electrons. The molecule has 138 valence electrons. The summed E-state index contributed by atoms with van der Waals surface area (Å²) in [7, 11) is 0. The van der Waals surface area contributed by atoms with Crippen LogP contribution >= 0.6 is 11.6 Å². The molecule has 0 spiro atoms. The summed E-state index contributed by atoms with van der Waals surface area (Å²) in [6, 6.07) is 11.7. The number of aliphatic hydroxyl groups excluding tert-OH is 1. The monoisotopic (exact) mass is 377 g/mol. The van der Waals surface area contributed by atoms with Gasteiger partial charge >= 0.3 is 0 Å². The normalized spacial score (nSPS) is 15.0. The number of nitrogens with zero attached hydrogens (tertiary/aromatic N) is 1. The zero-order valence-corrected chi connectivity index (χ0v) is 15.0. The number of para-hydroxylation sites is 2. The number of piperidine rings is 1. The fourth-order valence-corrected chi connectivity index (χ4v) is 3.14. The summed E-state index contributed by atoms with van der Waals surface area (Å²) in [5.74, 6) is -0.898. The Labute approximate surface area is 156 Å². The Kier molecular flexibility index (Phi) is 5.96. The lowest BCUT2D eigenvalue weighted by atomic mass is 10.1. The summed E-state index contributed by atoms with van der Waals surface area (Å²) in [5, 5.41) is 15.6. The number of rotatable bonds is 5. The van der Waals surface area contributed by atoms with E-state index in [1.54, 1.807) is 0 Å². The topological polar surface area (TPSA) is 64.6 Å². The van der Waals surface area contributed by atoms with Crippen molar-refractivity contribution in [2.75, 3.05) is 35.2 Å². The van der Waals surface area contributed by atoms with E-state index in [0.29, 0.717) is 5.02 Å². The minimum atomic E-state index is -0.532. The van der Waals surface area contributed by atoms with Crippen LogP contribution in [0.3, 0.4) is 0 Å². The van der Waals surface area contributed by atoms with Crippen LogP contribution in [0.5, 0.6) is 0 Å². The maximum Gasteiger partial charge on any atom is 0.243 e. The maximum atomic E-state index is 13.7. The Hall–Kier alpha value is -2.31. The van der Waals surface area contributed by atoms with Crippen LogP contribution < -0.4 is 15.5 Å². The maximum absolute atomic E-state index is 13.7. The van der Waals surface area contributed by atoms with Gasteiger partial charge in [0.05, 0.1) is 29.7 Å². The molecule has 1 heterocycles. The van der Waals surface area contributed by atoms with Crippen molar-refractivity contribution in [2.24, 2.45) is 0 Å². The van der Waals surface area contributed by atoms with Gasteiger partial charge in [0.25, 0.3) is 0 Å². The first-order valence-corrected chi connectivity index (χ1v) is 8.91. The van der Waals surface area contributed by atoms with Crippen molar-refractivity contribution in [2.45, 2.75) is 18.9 Å². The predicted octanol–water partition coefficient (Wildman–Crippen LogP) is 3.49. The van der Waals surface area contributed by atoms with Gasteiger partial charge in [0.2, 0.25) is 5.91 Å². The third kappa shape index (κ3) is 4.65. The highest BCUT2D eigenvalue weighted by atomic mass is 35.5. The number of hydrogen-bond acceptors (Lipinski definition) is 4. The number of aliphatic hydroxyl groups is 1. The Morgan fingerprint density at radius 1 is 1.19 bits per heavy atom. The number of halogens is 2. The molecule has 1 amide bonds. The zero-order valence-electron chi connectivity index (χ0n) is 14.2. The molecule has 3 N–H and O–H groups in total. The molecule has 2 aromatic rings. The minimum absolute atomic E-state index is 0.000564. The SMILES string of the molecule is O=C(CNc1ccccc1N1CCC(O)CC1)Nc1cc(Cl)ccc1F. The second kappa shape index (κ2) is 8.38. The fourth-order valence-electron chi connectivity index (χ4n) is 2.97. The quantitative estimate of drug-likeness (QED) is 0.746. The van der Waals surface area contributed by atoms with Crippen molar-refractivity contribution in [3.63, 3.8) is 0 Å². The number of anilines is 3. The third-order valence-corrected chi connectivity index (χ3v) is 4.59. The lowest BCUT2D eigenvalue weighted by Gasteiger charge is -2.32. The van der Waals surface area contributed by atoms with Crippen LogP contribution in [0.1, 0.15) is 12.8 Å². The first kappa shape index (κ1) is 18.5. The molecule has 2 aromatic carbocycles. The zero-order chi connectivity index (χ0) is 18.5. The first-order chi connectivity index (χ1) is 12.5. The summed E-state index contributed by atoms with van der Waals surface area (Å²) in [5.41, 5.74) is 1.87. The fraction of sp³-hybridized carbons (Fsp3) is 0.316. The van der Waals surface area contributed by atoms with Crippen molar-refractivity contribution in [3.8, 4) is 0 Å². The van der Waals surface area contributed by atoms with E-state index < -0.39 is 5.82 Å². The van der Waals surface area contributed by atoms with Gasteiger partial charge in [-0.2, -0.15) is 0 Å². The number of carbonyl (C=O) groups is 1. The van der Waals surface area contributed by atoms with Gasteiger partial charge in [-0.1, -0.05) is 23.7 Å².